The highest BCUT2D eigenvalue weighted by atomic mass is 16.7. The molecule has 1 aromatic rings. The summed E-state index contributed by atoms with van der Waals surface area (Å²) < 4.78 is 16.4. The number of benzene rings is 1. The van der Waals surface area contributed by atoms with E-state index in [2.05, 4.69) is 0 Å². The van der Waals surface area contributed by atoms with Gasteiger partial charge in [0.1, 0.15) is 0 Å². The monoisotopic (exact) mass is 221 g/mol. The van der Waals surface area contributed by atoms with Crippen molar-refractivity contribution < 1.29 is 14.2 Å². The number of fused-ring (bicyclic) bond motifs is 1. The molecule has 86 valence electrons. The van der Waals surface area contributed by atoms with Gasteiger partial charge >= 0.3 is 0 Å². The van der Waals surface area contributed by atoms with Gasteiger partial charge in [-0.1, -0.05) is 19.1 Å². The van der Waals surface area contributed by atoms with E-state index < -0.39 is 6.29 Å². The van der Waals surface area contributed by atoms with Gasteiger partial charge in [0.15, 0.2) is 24.0 Å². The SMILES string of the molecule is CCCC(=N)OC1COc2ccccc2O1. The molecule has 1 unspecified atom stereocenters. The van der Waals surface area contributed by atoms with E-state index in [9.17, 15) is 0 Å². The Morgan fingerprint density at radius 3 is 2.94 bits per heavy atom. The molecule has 1 aliphatic rings. The maximum absolute atomic E-state index is 7.55. The van der Waals surface area contributed by atoms with E-state index in [1.807, 2.05) is 31.2 Å². The standard InChI is InChI=1S/C12H15NO3/c1-2-5-11(13)16-12-8-14-9-6-3-4-7-10(9)15-12/h3-4,6-7,12-13H,2,5,8H2,1H3. The molecular formula is C12H15NO3. The predicted molar refractivity (Wildman–Crippen MR) is 60.1 cm³/mol. The average Bonchev–Trinajstić information content (AvgIpc) is 2.29. The van der Waals surface area contributed by atoms with Gasteiger partial charge in [-0.3, -0.25) is 5.41 Å². The lowest BCUT2D eigenvalue weighted by molar-refractivity contribution is -0.0587. The lowest BCUT2D eigenvalue weighted by Crippen LogP contribution is -2.33. The number of para-hydroxylation sites is 2. The summed E-state index contributed by atoms with van der Waals surface area (Å²) in [6.45, 7) is 2.33. The summed E-state index contributed by atoms with van der Waals surface area (Å²) in [5, 5.41) is 7.55. The zero-order valence-electron chi connectivity index (χ0n) is 9.23. The Morgan fingerprint density at radius 2 is 2.19 bits per heavy atom. The van der Waals surface area contributed by atoms with Crippen LogP contribution in [0.4, 0.5) is 0 Å². The molecule has 0 amide bonds. The van der Waals surface area contributed by atoms with E-state index in [4.69, 9.17) is 19.6 Å². The van der Waals surface area contributed by atoms with E-state index in [-0.39, 0.29) is 5.90 Å². The molecule has 0 saturated carbocycles. The van der Waals surface area contributed by atoms with Crippen molar-refractivity contribution in [1.29, 1.82) is 5.41 Å². The quantitative estimate of drug-likeness (QED) is 0.630. The Bertz CT molecular complexity index is 378. The molecule has 1 aromatic carbocycles. The first-order valence-corrected chi connectivity index (χ1v) is 5.42. The van der Waals surface area contributed by atoms with Gasteiger partial charge < -0.3 is 14.2 Å². The van der Waals surface area contributed by atoms with Crippen LogP contribution in [0.15, 0.2) is 24.3 Å². The summed E-state index contributed by atoms with van der Waals surface area (Å²) in [5.74, 6) is 1.64. The van der Waals surface area contributed by atoms with Crippen LogP contribution < -0.4 is 9.47 Å². The molecule has 1 heterocycles. The predicted octanol–water partition coefficient (Wildman–Crippen LogP) is 2.58. The van der Waals surface area contributed by atoms with Crippen molar-refractivity contribution in [1.82, 2.24) is 0 Å². The van der Waals surface area contributed by atoms with Crippen LogP contribution in [0.5, 0.6) is 11.5 Å². The Hall–Kier alpha value is -1.71. The second-order valence-electron chi connectivity index (χ2n) is 3.60. The summed E-state index contributed by atoms with van der Waals surface area (Å²) in [6, 6.07) is 7.45. The van der Waals surface area contributed by atoms with E-state index in [1.165, 1.54) is 0 Å². The van der Waals surface area contributed by atoms with Crippen molar-refractivity contribution in [2.24, 2.45) is 0 Å². The van der Waals surface area contributed by atoms with E-state index >= 15 is 0 Å². The highest BCUT2D eigenvalue weighted by Crippen LogP contribution is 2.31. The van der Waals surface area contributed by atoms with Crippen LogP contribution in [0, 0.1) is 5.41 Å². The minimum absolute atomic E-state index is 0.246. The van der Waals surface area contributed by atoms with Crippen LogP contribution in [-0.2, 0) is 4.74 Å². The Kier molecular flexibility index (Phi) is 3.29. The zero-order valence-corrected chi connectivity index (χ0v) is 9.23. The smallest absolute Gasteiger partial charge is 0.276 e. The summed E-state index contributed by atoms with van der Waals surface area (Å²) in [7, 11) is 0. The third-order valence-corrected chi connectivity index (χ3v) is 2.23. The number of hydrogen-bond acceptors (Lipinski definition) is 4. The van der Waals surface area contributed by atoms with Gasteiger partial charge in [0, 0.05) is 6.42 Å². The maximum Gasteiger partial charge on any atom is 0.276 e. The fourth-order valence-electron chi connectivity index (χ4n) is 1.50. The lowest BCUT2D eigenvalue weighted by atomic mass is 10.3. The minimum Gasteiger partial charge on any atom is -0.482 e. The number of rotatable bonds is 3. The van der Waals surface area contributed by atoms with Crippen molar-refractivity contribution >= 4 is 5.90 Å². The highest BCUT2D eigenvalue weighted by molar-refractivity contribution is 5.72. The Morgan fingerprint density at radius 1 is 1.44 bits per heavy atom. The van der Waals surface area contributed by atoms with Gasteiger partial charge in [-0.05, 0) is 18.6 Å². The molecule has 1 aliphatic heterocycles. The van der Waals surface area contributed by atoms with Gasteiger partial charge in [0.05, 0.1) is 0 Å². The fraction of sp³-hybridized carbons (Fsp3) is 0.417. The van der Waals surface area contributed by atoms with Crippen molar-refractivity contribution in [3.8, 4) is 11.5 Å². The van der Waals surface area contributed by atoms with Crippen LogP contribution in [0.25, 0.3) is 0 Å². The molecule has 4 nitrogen and oxygen atoms in total. The number of hydrogen-bond donors (Lipinski definition) is 1. The summed E-state index contributed by atoms with van der Waals surface area (Å²) in [6.07, 6.45) is 1.01. The molecule has 0 aromatic heterocycles. The molecule has 1 atom stereocenters. The zero-order chi connectivity index (χ0) is 11.4. The molecular weight excluding hydrogens is 206 g/mol. The largest absolute Gasteiger partial charge is 0.482 e. The lowest BCUT2D eigenvalue weighted by Gasteiger charge is -2.26. The van der Waals surface area contributed by atoms with Gasteiger partial charge in [-0.15, -0.1) is 0 Å². The summed E-state index contributed by atoms with van der Waals surface area (Å²) >= 11 is 0. The summed E-state index contributed by atoms with van der Waals surface area (Å²) in [5.41, 5.74) is 0. The van der Waals surface area contributed by atoms with Crippen LogP contribution in [-0.4, -0.2) is 18.8 Å². The average molecular weight is 221 g/mol. The van der Waals surface area contributed by atoms with Crippen molar-refractivity contribution in [2.45, 2.75) is 26.1 Å². The second kappa shape index (κ2) is 4.88. The molecule has 0 aliphatic carbocycles. The van der Waals surface area contributed by atoms with E-state index in [0.29, 0.717) is 18.8 Å². The van der Waals surface area contributed by atoms with Gasteiger partial charge in [-0.25, -0.2) is 0 Å². The summed E-state index contributed by atoms with van der Waals surface area (Å²) in [4.78, 5) is 0. The van der Waals surface area contributed by atoms with Gasteiger partial charge in [0.2, 0.25) is 0 Å². The van der Waals surface area contributed by atoms with E-state index in [0.717, 1.165) is 12.2 Å². The Balaban J connectivity index is 1.95. The molecule has 0 spiro atoms. The van der Waals surface area contributed by atoms with Crippen LogP contribution in [0.3, 0.4) is 0 Å². The molecule has 16 heavy (non-hydrogen) atoms. The highest BCUT2D eigenvalue weighted by Gasteiger charge is 2.22. The normalized spacial score (nSPS) is 17.9. The van der Waals surface area contributed by atoms with Gasteiger partial charge in [-0.2, -0.15) is 0 Å². The Labute approximate surface area is 94.6 Å². The molecule has 0 bridgehead atoms. The van der Waals surface area contributed by atoms with Crippen LogP contribution in [0.1, 0.15) is 19.8 Å². The van der Waals surface area contributed by atoms with Crippen molar-refractivity contribution in [2.75, 3.05) is 6.61 Å². The molecule has 0 fully saturated rings. The first-order chi connectivity index (χ1) is 7.79. The molecule has 0 radical (unpaired) electrons. The van der Waals surface area contributed by atoms with E-state index in [1.54, 1.807) is 0 Å². The maximum atomic E-state index is 7.55. The van der Waals surface area contributed by atoms with Crippen LogP contribution in [0.2, 0.25) is 0 Å². The van der Waals surface area contributed by atoms with Crippen molar-refractivity contribution in [3.63, 3.8) is 0 Å². The number of ether oxygens (including phenoxy) is 3. The second-order valence-corrected chi connectivity index (χ2v) is 3.60. The molecule has 4 heteroatoms. The topological polar surface area (TPSA) is 51.5 Å². The third-order valence-electron chi connectivity index (χ3n) is 2.23. The number of nitrogens with one attached hydrogen (secondary N) is 1. The van der Waals surface area contributed by atoms with Crippen molar-refractivity contribution in [3.05, 3.63) is 24.3 Å². The molecule has 0 saturated heterocycles. The van der Waals surface area contributed by atoms with Crippen LogP contribution >= 0.6 is 0 Å². The minimum atomic E-state index is -0.506. The first kappa shape index (κ1) is 10.8. The fourth-order valence-corrected chi connectivity index (χ4v) is 1.50. The molecule has 1 N–H and O–H groups in total. The van der Waals surface area contributed by atoms with Gasteiger partial charge in [0.25, 0.3) is 6.29 Å². The third kappa shape index (κ3) is 2.45. The molecule has 2 rings (SSSR count). The first-order valence-electron chi connectivity index (χ1n) is 5.42.